The molecule has 0 aliphatic heterocycles. The Kier molecular flexibility index (Phi) is 2.03. The van der Waals surface area contributed by atoms with Crippen LogP contribution in [0.2, 0.25) is 5.22 Å². The normalized spacial score (nSPS) is 10.6. The summed E-state index contributed by atoms with van der Waals surface area (Å²) in [6.45, 7) is 0.210. The average Bonchev–Trinajstić information content (AvgIpc) is 2.71. The minimum Gasteiger partial charge on any atom is -0.441 e. The zero-order chi connectivity index (χ0) is 9.26. The molecule has 0 unspecified atom stereocenters. The van der Waals surface area contributed by atoms with Crippen molar-refractivity contribution in [3.05, 3.63) is 23.2 Å². The lowest BCUT2D eigenvalue weighted by atomic mass is 10.4. The van der Waals surface area contributed by atoms with E-state index in [0.29, 0.717) is 17.5 Å². The van der Waals surface area contributed by atoms with Crippen molar-refractivity contribution in [3.8, 4) is 11.6 Å². The molecule has 0 saturated heterocycles. The van der Waals surface area contributed by atoms with Gasteiger partial charge in [0.25, 0.3) is 0 Å². The van der Waals surface area contributed by atoms with Gasteiger partial charge in [0.15, 0.2) is 11.0 Å². The van der Waals surface area contributed by atoms with E-state index in [-0.39, 0.29) is 11.8 Å². The molecule has 0 radical (unpaired) electrons. The summed E-state index contributed by atoms with van der Waals surface area (Å²) in [6.07, 6.45) is 0. The van der Waals surface area contributed by atoms with Gasteiger partial charge < -0.3 is 14.7 Å². The Morgan fingerprint density at radius 1 is 1.46 bits per heavy atom. The van der Waals surface area contributed by atoms with Crippen molar-refractivity contribution in [2.75, 3.05) is 0 Å². The molecule has 6 heteroatoms. The predicted octanol–water partition coefficient (Wildman–Crippen LogP) is 1.44. The van der Waals surface area contributed by atoms with Crippen molar-refractivity contribution in [3.63, 3.8) is 0 Å². The van der Waals surface area contributed by atoms with Crippen LogP contribution in [0.4, 0.5) is 0 Å². The Bertz CT molecular complexity index is 409. The first-order valence-corrected chi connectivity index (χ1v) is 3.96. The van der Waals surface area contributed by atoms with Gasteiger partial charge in [-0.05, 0) is 23.7 Å². The smallest absolute Gasteiger partial charge is 0.240 e. The third-order valence-corrected chi connectivity index (χ3v) is 1.64. The van der Waals surface area contributed by atoms with E-state index < -0.39 is 0 Å². The van der Waals surface area contributed by atoms with Crippen molar-refractivity contribution in [2.45, 2.75) is 6.54 Å². The maximum atomic E-state index is 5.57. The van der Waals surface area contributed by atoms with Crippen LogP contribution in [0.25, 0.3) is 11.6 Å². The van der Waals surface area contributed by atoms with E-state index in [1.54, 1.807) is 12.1 Å². The monoisotopic (exact) mass is 199 g/mol. The number of nitrogens with two attached hydrogens (primary N) is 1. The molecule has 5 nitrogen and oxygen atoms in total. The van der Waals surface area contributed by atoms with Crippen LogP contribution in [-0.4, -0.2) is 10.1 Å². The third kappa shape index (κ3) is 1.56. The van der Waals surface area contributed by atoms with Crippen molar-refractivity contribution < 1.29 is 8.94 Å². The quantitative estimate of drug-likeness (QED) is 0.792. The fraction of sp³-hybridized carbons (Fsp3) is 0.143. The SMILES string of the molecule is NCc1nc(-c2ccc(Cl)o2)no1. The molecule has 2 aromatic heterocycles. The summed E-state index contributed by atoms with van der Waals surface area (Å²) < 4.78 is 9.86. The zero-order valence-electron chi connectivity index (χ0n) is 6.53. The van der Waals surface area contributed by atoms with E-state index in [2.05, 4.69) is 10.1 Å². The van der Waals surface area contributed by atoms with Crippen molar-refractivity contribution in [1.29, 1.82) is 0 Å². The van der Waals surface area contributed by atoms with E-state index >= 15 is 0 Å². The molecule has 2 rings (SSSR count). The topological polar surface area (TPSA) is 78.1 Å². The van der Waals surface area contributed by atoms with Crippen LogP contribution in [0, 0.1) is 0 Å². The Morgan fingerprint density at radius 2 is 2.31 bits per heavy atom. The highest BCUT2D eigenvalue weighted by Gasteiger charge is 2.10. The lowest BCUT2D eigenvalue weighted by Crippen LogP contribution is -1.95. The van der Waals surface area contributed by atoms with Gasteiger partial charge in [-0.2, -0.15) is 4.98 Å². The number of nitrogens with zero attached hydrogens (tertiary/aromatic N) is 2. The van der Waals surface area contributed by atoms with E-state index in [4.69, 9.17) is 26.3 Å². The van der Waals surface area contributed by atoms with Crippen molar-refractivity contribution in [1.82, 2.24) is 10.1 Å². The van der Waals surface area contributed by atoms with Gasteiger partial charge in [-0.1, -0.05) is 5.16 Å². The molecule has 2 heterocycles. The number of hydrogen-bond acceptors (Lipinski definition) is 5. The Labute approximate surface area is 78.5 Å². The predicted molar refractivity (Wildman–Crippen MR) is 44.9 cm³/mol. The Balaban J connectivity index is 2.35. The minimum atomic E-state index is 0.210. The first kappa shape index (κ1) is 8.28. The van der Waals surface area contributed by atoms with Crippen LogP contribution >= 0.6 is 11.6 Å². The van der Waals surface area contributed by atoms with Crippen molar-refractivity contribution in [2.24, 2.45) is 5.73 Å². The van der Waals surface area contributed by atoms with E-state index in [9.17, 15) is 0 Å². The molecule has 0 aromatic carbocycles. The molecular formula is C7H6ClN3O2. The van der Waals surface area contributed by atoms with Crippen LogP contribution in [0.5, 0.6) is 0 Å². The number of furan rings is 1. The maximum absolute atomic E-state index is 5.57. The molecule has 0 fully saturated rings. The molecule has 0 saturated carbocycles. The molecule has 0 atom stereocenters. The fourth-order valence-electron chi connectivity index (χ4n) is 0.872. The molecule has 68 valence electrons. The summed E-state index contributed by atoms with van der Waals surface area (Å²) in [7, 11) is 0. The second-order valence-electron chi connectivity index (χ2n) is 2.32. The van der Waals surface area contributed by atoms with Crippen molar-refractivity contribution >= 4 is 11.6 Å². The largest absolute Gasteiger partial charge is 0.441 e. The maximum Gasteiger partial charge on any atom is 0.240 e. The first-order valence-electron chi connectivity index (χ1n) is 3.58. The highest BCUT2D eigenvalue weighted by molar-refractivity contribution is 6.28. The Morgan fingerprint density at radius 3 is 2.85 bits per heavy atom. The van der Waals surface area contributed by atoms with Gasteiger partial charge in [-0.3, -0.25) is 0 Å². The highest BCUT2D eigenvalue weighted by atomic mass is 35.5. The van der Waals surface area contributed by atoms with Crippen LogP contribution in [0.1, 0.15) is 5.89 Å². The summed E-state index contributed by atoms with van der Waals surface area (Å²) in [5, 5.41) is 3.94. The van der Waals surface area contributed by atoms with Crippen LogP contribution in [0.3, 0.4) is 0 Å². The summed E-state index contributed by atoms with van der Waals surface area (Å²) >= 11 is 5.57. The van der Waals surface area contributed by atoms with Gasteiger partial charge in [-0.15, -0.1) is 0 Å². The first-order chi connectivity index (χ1) is 6.29. The van der Waals surface area contributed by atoms with E-state index in [1.807, 2.05) is 0 Å². The Hall–Kier alpha value is -1.33. The standard InChI is InChI=1S/C7H6ClN3O2/c8-5-2-1-4(12-5)7-10-6(3-9)13-11-7/h1-2H,3,9H2. The zero-order valence-corrected chi connectivity index (χ0v) is 7.28. The summed E-state index contributed by atoms with van der Waals surface area (Å²) in [5.41, 5.74) is 5.29. The molecule has 2 aromatic rings. The molecule has 0 spiro atoms. The second kappa shape index (κ2) is 3.20. The number of rotatable bonds is 2. The molecular weight excluding hydrogens is 194 g/mol. The van der Waals surface area contributed by atoms with Crippen LogP contribution in [-0.2, 0) is 6.54 Å². The van der Waals surface area contributed by atoms with Gasteiger partial charge in [0.2, 0.25) is 11.7 Å². The van der Waals surface area contributed by atoms with Gasteiger partial charge in [0, 0.05) is 0 Å². The minimum absolute atomic E-state index is 0.210. The van der Waals surface area contributed by atoms with E-state index in [1.165, 1.54) is 0 Å². The number of aromatic nitrogens is 2. The van der Waals surface area contributed by atoms with Gasteiger partial charge in [0.05, 0.1) is 6.54 Å². The third-order valence-electron chi connectivity index (χ3n) is 1.44. The lowest BCUT2D eigenvalue weighted by Gasteiger charge is -1.83. The van der Waals surface area contributed by atoms with Gasteiger partial charge in [-0.25, -0.2) is 0 Å². The molecule has 0 aliphatic rings. The summed E-state index contributed by atoms with van der Waals surface area (Å²) in [4.78, 5) is 3.96. The summed E-state index contributed by atoms with van der Waals surface area (Å²) in [6, 6.07) is 3.27. The number of halogens is 1. The second-order valence-corrected chi connectivity index (χ2v) is 2.69. The van der Waals surface area contributed by atoms with Gasteiger partial charge in [0.1, 0.15) is 0 Å². The molecule has 13 heavy (non-hydrogen) atoms. The molecule has 0 amide bonds. The lowest BCUT2D eigenvalue weighted by molar-refractivity contribution is 0.379. The number of hydrogen-bond donors (Lipinski definition) is 1. The molecule has 0 bridgehead atoms. The molecule has 0 aliphatic carbocycles. The fourth-order valence-corrected chi connectivity index (χ4v) is 1.02. The molecule has 2 N–H and O–H groups in total. The average molecular weight is 200 g/mol. The highest BCUT2D eigenvalue weighted by Crippen LogP contribution is 2.21. The van der Waals surface area contributed by atoms with Crippen LogP contribution < -0.4 is 5.73 Å². The summed E-state index contributed by atoms with van der Waals surface area (Å²) in [5.74, 6) is 1.18. The van der Waals surface area contributed by atoms with E-state index in [0.717, 1.165) is 0 Å². The van der Waals surface area contributed by atoms with Crippen LogP contribution in [0.15, 0.2) is 21.1 Å². The van der Waals surface area contributed by atoms with Gasteiger partial charge >= 0.3 is 0 Å².